The molecule has 2 amide bonds. The van der Waals surface area contributed by atoms with Crippen molar-refractivity contribution in [1.82, 2.24) is 9.88 Å². The van der Waals surface area contributed by atoms with E-state index in [0.717, 1.165) is 21.6 Å². The number of benzene rings is 1. The van der Waals surface area contributed by atoms with E-state index in [1.165, 1.54) is 0 Å². The molecule has 1 aliphatic heterocycles. The first-order chi connectivity index (χ1) is 11.0. The van der Waals surface area contributed by atoms with E-state index in [1.807, 2.05) is 26.0 Å². The minimum absolute atomic E-state index is 0.0709. The van der Waals surface area contributed by atoms with E-state index in [4.69, 9.17) is 0 Å². The van der Waals surface area contributed by atoms with Crippen LogP contribution in [-0.2, 0) is 16.1 Å². The summed E-state index contributed by atoms with van der Waals surface area (Å²) in [5.41, 5.74) is 3.33. The normalized spacial score (nSPS) is 14.8. The van der Waals surface area contributed by atoms with Gasteiger partial charge in [-0.25, -0.2) is 0 Å². The maximum atomic E-state index is 12.6. The van der Waals surface area contributed by atoms with Crippen molar-refractivity contribution >= 4 is 17.4 Å². The summed E-state index contributed by atoms with van der Waals surface area (Å²) >= 11 is 0. The van der Waals surface area contributed by atoms with Crippen LogP contribution < -0.4 is 0 Å². The predicted molar refractivity (Wildman–Crippen MR) is 85.3 cm³/mol. The van der Waals surface area contributed by atoms with E-state index in [0.29, 0.717) is 5.56 Å². The smallest absolute Gasteiger partial charge is 0.296 e. The molecule has 1 N–H and O–H groups in total. The summed E-state index contributed by atoms with van der Waals surface area (Å²) in [4.78, 5) is 29.9. The molecule has 0 radical (unpaired) electrons. The summed E-state index contributed by atoms with van der Waals surface area (Å²) in [6.07, 6.45) is 3.19. The number of carbonyl (C=O) groups excluding carboxylic acids is 2. The zero-order chi connectivity index (χ0) is 16.6. The van der Waals surface area contributed by atoms with Crippen LogP contribution >= 0.6 is 0 Å². The second-order valence-corrected chi connectivity index (χ2v) is 5.59. The second-order valence-electron chi connectivity index (χ2n) is 5.59. The van der Waals surface area contributed by atoms with Gasteiger partial charge in [0.05, 0.1) is 12.1 Å². The van der Waals surface area contributed by atoms with Crippen molar-refractivity contribution in [3.05, 3.63) is 70.7 Å². The molecule has 116 valence electrons. The van der Waals surface area contributed by atoms with Crippen molar-refractivity contribution in [2.45, 2.75) is 20.4 Å². The monoisotopic (exact) mass is 308 g/mol. The number of aryl methyl sites for hydroxylation is 2. The molecule has 0 bridgehead atoms. The average Bonchev–Trinajstić information content (AvgIpc) is 2.73. The third kappa shape index (κ3) is 2.61. The summed E-state index contributed by atoms with van der Waals surface area (Å²) in [5, 5.41) is 10.2. The van der Waals surface area contributed by atoms with Crippen LogP contribution in [0.15, 0.2) is 48.5 Å². The highest BCUT2D eigenvalue weighted by Crippen LogP contribution is 2.31. The third-order valence-corrected chi connectivity index (χ3v) is 3.88. The number of hydrogen-bond donors (Lipinski definition) is 1. The van der Waals surface area contributed by atoms with Gasteiger partial charge in [0.25, 0.3) is 11.8 Å². The zero-order valence-electron chi connectivity index (χ0n) is 12.9. The summed E-state index contributed by atoms with van der Waals surface area (Å²) < 4.78 is 0. The van der Waals surface area contributed by atoms with Crippen molar-refractivity contribution < 1.29 is 14.7 Å². The molecule has 0 spiro atoms. The minimum Gasteiger partial charge on any atom is -0.502 e. The summed E-state index contributed by atoms with van der Waals surface area (Å²) in [5.74, 6) is -1.63. The average molecular weight is 308 g/mol. The predicted octanol–water partition coefficient (Wildman–Crippen LogP) is 2.54. The fourth-order valence-corrected chi connectivity index (χ4v) is 2.71. The molecule has 1 aromatic carbocycles. The van der Waals surface area contributed by atoms with Gasteiger partial charge in [0.2, 0.25) is 0 Å². The molecule has 0 atom stereocenters. The van der Waals surface area contributed by atoms with Crippen molar-refractivity contribution in [1.29, 1.82) is 0 Å². The summed E-state index contributed by atoms with van der Waals surface area (Å²) in [6, 6.07) is 8.99. The number of rotatable bonds is 3. The van der Waals surface area contributed by atoms with Gasteiger partial charge in [0.15, 0.2) is 5.76 Å². The van der Waals surface area contributed by atoms with Crippen molar-refractivity contribution in [2.75, 3.05) is 0 Å². The van der Waals surface area contributed by atoms with Crippen molar-refractivity contribution in [2.24, 2.45) is 0 Å². The Kier molecular flexibility index (Phi) is 3.70. The van der Waals surface area contributed by atoms with Crippen LogP contribution in [0.4, 0.5) is 0 Å². The van der Waals surface area contributed by atoms with E-state index < -0.39 is 17.6 Å². The van der Waals surface area contributed by atoms with Crippen LogP contribution in [0.2, 0.25) is 0 Å². The summed E-state index contributed by atoms with van der Waals surface area (Å²) in [7, 11) is 0. The maximum absolute atomic E-state index is 12.6. The Morgan fingerprint density at radius 3 is 2.39 bits per heavy atom. The Morgan fingerprint density at radius 1 is 1.04 bits per heavy atom. The fraction of sp³-hybridized carbons (Fsp3) is 0.167. The number of aliphatic hydroxyl groups is 1. The standard InChI is InChI=1S/C18H16N2O3/c1-11-3-4-14(12(2)9-11)15-16(21)18(23)20(17(15)22)10-13-5-7-19-8-6-13/h3-9,21H,10H2,1-2H3. The van der Waals surface area contributed by atoms with Gasteiger partial charge in [-0.2, -0.15) is 0 Å². The Labute approximate surface area is 133 Å². The van der Waals surface area contributed by atoms with Crippen LogP contribution in [0.1, 0.15) is 22.3 Å². The third-order valence-electron chi connectivity index (χ3n) is 3.88. The molecule has 5 heteroatoms. The van der Waals surface area contributed by atoms with E-state index in [9.17, 15) is 14.7 Å². The molecule has 0 saturated heterocycles. The lowest BCUT2D eigenvalue weighted by Gasteiger charge is -2.14. The molecule has 1 aliphatic rings. The van der Waals surface area contributed by atoms with E-state index >= 15 is 0 Å². The molecule has 0 unspecified atom stereocenters. The molecular weight excluding hydrogens is 292 g/mol. The molecule has 0 aliphatic carbocycles. The van der Waals surface area contributed by atoms with Gasteiger partial charge in [-0.1, -0.05) is 23.8 Å². The van der Waals surface area contributed by atoms with Crippen LogP contribution in [0.3, 0.4) is 0 Å². The first-order valence-corrected chi connectivity index (χ1v) is 7.25. The van der Waals surface area contributed by atoms with Gasteiger partial charge in [-0.3, -0.25) is 19.5 Å². The van der Waals surface area contributed by atoms with E-state index in [1.54, 1.807) is 30.6 Å². The molecule has 2 heterocycles. The van der Waals surface area contributed by atoms with Crippen LogP contribution in [0.5, 0.6) is 0 Å². The van der Waals surface area contributed by atoms with Crippen molar-refractivity contribution in [3.63, 3.8) is 0 Å². The number of pyridine rings is 1. The highest BCUT2D eigenvalue weighted by molar-refractivity contribution is 6.35. The number of nitrogens with zero attached hydrogens (tertiary/aromatic N) is 2. The Balaban J connectivity index is 1.96. The number of hydrogen-bond acceptors (Lipinski definition) is 4. The van der Waals surface area contributed by atoms with E-state index in [2.05, 4.69) is 4.98 Å². The number of amides is 2. The van der Waals surface area contributed by atoms with Gasteiger partial charge in [-0.05, 0) is 42.7 Å². The number of aliphatic hydroxyl groups excluding tert-OH is 1. The quantitative estimate of drug-likeness (QED) is 0.885. The fourth-order valence-electron chi connectivity index (χ4n) is 2.71. The van der Waals surface area contributed by atoms with Gasteiger partial charge in [-0.15, -0.1) is 0 Å². The topological polar surface area (TPSA) is 70.5 Å². The van der Waals surface area contributed by atoms with Gasteiger partial charge in [0, 0.05) is 12.4 Å². The van der Waals surface area contributed by atoms with Crippen LogP contribution in [0, 0.1) is 13.8 Å². The number of carbonyl (C=O) groups is 2. The molecule has 1 aromatic heterocycles. The summed E-state index contributed by atoms with van der Waals surface area (Å²) in [6.45, 7) is 3.91. The number of aromatic nitrogens is 1. The lowest BCUT2D eigenvalue weighted by Crippen LogP contribution is -2.31. The molecule has 2 aromatic rings. The zero-order valence-corrected chi connectivity index (χ0v) is 12.9. The van der Waals surface area contributed by atoms with Crippen LogP contribution in [0.25, 0.3) is 5.57 Å². The molecule has 23 heavy (non-hydrogen) atoms. The first-order valence-electron chi connectivity index (χ1n) is 7.25. The Hall–Kier alpha value is -2.95. The lowest BCUT2D eigenvalue weighted by molar-refractivity contribution is -0.138. The molecule has 3 rings (SSSR count). The highest BCUT2D eigenvalue weighted by atomic mass is 16.3. The largest absolute Gasteiger partial charge is 0.502 e. The first kappa shape index (κ1) is 15.0. The van der Waals surface area contributed by atoms with Gasteiger partial charge in [0.1, 0.15) is 0 Å². The Morgan fingerprint density at radius 2 is 1.74 bits per heavy atom. The molecule has 0 fully saturated rings. The molecular formula is C18H16N2O3. The van der Waals surface area contributed by atoms with Crippen LogP contribution in [-0.4, -0.2) is 26.8 Å². The maximum Gasteiger partial charge on any atom is 0.296 e. The number of imide groups is 1. The minimum atomic E-state index is -0.665. The highest BCUT2D eigenvalue weighted by Gasteiger charge is 2.39. The SMILES string of the molecule is Cc1ccc(C2=C(O)C(=O)N(Cc3ccncc3)C2=O)c(C)c1. The second kappa shape index (κ2) is 5.68. The lowest BCUT2D eigenvalue weighted by atomic mass is 9.98. The van der Waals surface area contributed by atoms with Gasteiger partial charge >= 0.3 is 0 Å². The van der Waals surface area contributed by atoms with Gasteiger partial charge < -0.3 is 5.11 Å². The molecule has 5 nitrogen and oxygen atoms in total. The molecule has 0 saturated carbocycles. The Bertz CT molecular complexity index is 825. The van der Waals surface area contributed by atoms with Crippen molar-refractivity contribution in [3.8, 4) is 0 Å². The van der Waals surface area contributed by atoms with E-state index in [-0.39, 0.29) is 12.1 Å².